The molecule has 6 nitrogen and oxygen atoms in total. The molecule has 0 N–H and O–H groups in total. The monoisotopic (exact) mass is 366 g/mol. The minimum Gasteiger partial charge on any atom is -0.469 e. The van der Waals surface area contributed by atoms with Gasteiger partial charge in [0.2, 0.25) is 11.8 Å². The Hall–Kier alpha value is -3.15. The van der Waals surface area contributed by atoms with Crippen LogP contribution in [0.3, 0.4) is 0 Å². The fourth-order valence-electron chi connectivity index (χ4n) is 3.23. The van der Waals surface area contributed by atoms with Gasteiger partial charge in [0.05, 0.1) is 7.11 Å². The molecule has 2 amide bonds. The molecule has 1 aliphatic rings. The molecule has 0 saturated carbocycles. The lowest BCUT2D eigenvalue weighted by atomic mass is 10.0. The molecule has 1 heterocycles. The van der Waals surface area contributed by atoms with Gasteiger partial charge in [-0.15, -0.1) is 0 Å². The molecule has 27 heavy (non-hydrogen) atoms. The molecule has 1 fully saturated rings. The number of amides is 2. The van der Waals surface area contributed by atoms with E-state index in [1.54, 1.807) is 17.0 Å². The van der Waals surface area contributed by atoms with Crippen molar-refractivity contribution in [1.82, 2.24) is 4.90 Å². The van der Waals surface area contributed by atoms with Crippen LogP contribution in [0.4, 0.5) is 5.69 Å². The van der Waals surface area contributed by atoms with E-state index in [0.29, 0.717) is 12.2 Å². The largest absolute Gasteiger partial charge is 0.469 e. The summed E-state index contributed by atoms with van der Waals surface area (Å²) in [6, 6.07) is 17.9. The zero-order valence-electron chi connectivity index (χ0n) is 15.2. The van der Waals surface area contributed by atoms with Gasteiger partial charge in [0.25, 0.3) is 0 Å². The third-order valence-electron chi connectivity index (χ3n) is 4.65. The Kier molecular flexibility index (Phi) is 5.86. The number of benzene rings is 2. The second-order valence-corrected chi connectivity index (χ2v) is 6.40. The molecule has 3 rings (SSSR count). The maximum atomic E-state index is 13.2. The van der Waals surface area contributed by atoms with Crippen LogP contribution < -0.4 is 4.90 Å². The number of ether oxygens (including phenoxy) is 1. The number of carbonyl (C=O) groups excluding carboxylic acids is 3. The Morgan fingerprint density at radius 1 is 1.04 bits per heavy atom. The van der Waals surface area contributed by atoms with E-state index in [2.05, 4.69) is 0 Å². The number of rotatable bonds is 6. The van der Waals surface area contributed by atoms with Crippen molar-refractivity contribution in [2.75, 3.05) is 18.6 Å². The highest BCUT2D eigenvalue weighted by Gasteiger charge is 2.39. The lowest BCUT2D eigenvalue weighted by Gasteiger charge is -2.40. The van der Waals surface area contributed by atoms with Gasteiger partial charge in [0, 0.05) is 18.7 Å². The lowest BCUT2D eigenvalue weighted by molar-refractivity contribution is -0.146. The molecule has 1 saturated heterocycles. The molecule has 140 valence electrons. The molecule has 1 aliphatic heterocycles. The van der Waals surface area contributed by atoms with Crippen molar-refractivity contribution in [3.63, 3.8) is 0 Å². The predicted molar refractivity (Wildman–Crippen MR) is 101 cm³/mol. The Balaban J connectivity index is 1.86. The number of hydrogen-bond donors (Lipinski definition) is 0. The van der Waals surface area contributed by atoms with Crippen LogP contribution in [0.1, 0.15) is 18.4 Å². The zero-order valence-corrected chi connectivity index (χ0v) is 15.2. The molecule has 6 heteroatoms. The average molecular weight is 366 g/mol. The van der Waals surface area contributed by atoms with Crippen LogP contribution in [0.25, 0.3) is 0 Å². The number of piperazine rings is 1. The van der Waals surface area contributed by atoms with Crippen molar-refractivity contribution in [2.24, 2.45) is 0 Å². The molecule has 1 atom stereocenters. The van der Waals surface area contributed by atoms with Crippen molar-refractivity contribution >= 4 is 23.5 Å². The lowest BCUT2D eigenvalue weighted by Crippen LogP contribution is -2.59. The highest BCUT2D eigenvalue weighted by molar-refractivity contribution is 6.06. The first-order chi connectivity index (χ1) is 13.1. The summed E-state index contributed by atoms with van der Waals surface area (Å²) in [7, 11) is 1.31. The van der Waals surface area contributed by atoms with Crippen LogP contribution in [-0.4, -0.2) is 42.4 Å². The zero-order chi connectivity index (χ0) is 19.2. The first-order valence-electron chi connectivity index (χ1n) is 8.87. The van der Waals surface area contributed by atoms with E-state index in [4.69, 9.17) is 4.74 Å². The molecular formula is C21H22N2O4. The maximum absolute atomic E-state index is 13.2. The van der Waals surface area contributed by atoms with Gasteiger partial charge >= 0.3 is 5.97 Å². The quantitative estimate of drug-likeness (QED) is 0.736. The minimum atomic E-state index is -0.703. The summed E-state index contributed by atoms with van der Waals surface area (Å²) < 4.78 is 4.70. The SMILES string of the molecule is COC(=O)CCC1C(=O)N(c2ccccc2)CC(=O)N1Cc1ccccc1. The van der Waals surface area contributed by atoms with Crippen molar-refractivity contribution in [3.8, 4) is 0 Å². The van der Waals surface area contributed by atoms with Crippen molar-refractivity contribution < 1.29 is 19.1 Å². The Labute approximate surface area is 158 Å². The van der Waals surface area contributed by atoms with E-state index in [9.17, 15) is 14.4 Å². The van der Waals surface area contributed by atoms with E-state index in [1.165, 1.54) is 12.0 Å². The van der Waals surface area contributed by atoms with Gasteiger partial charge in [-0.25, -0.2) is 0 Å². The van der Waals surface area contributed by atoms with Gasteiger partial charge in [-0.3, -0.25) is 14.4 Å². The van der Waals surface area contributed by atoms with Crippen LogP contribution in [0.15, 0.2) is 60.7 Å². The first-order valence-corrected chi connectivity index (χ1v) is 8.87. The fourth-order valence-corrected chi connectivity index (χ4v) is 3.23. The fraction of sp³-hybridized carbons (Fsp3) is 0.286. The van der Waals surface area contributed by atoms with Crippen molar-refractivity contribution in [1.29, 1.82) is 0 Å². The maximum Gasteiger partial charge on any atom is 0.305 e. The average Bonchev–Trinajstić information content (AvgIpc) is 2.71. The van der Waals surface area contributed by atoms with E-state index in [1.807, 2.05) is 48.5 Å². The van der Waals surface area contributed by atoms with Crippen LogP contribution in [0.5, 0.6) is 0 Å². The van der Waals surface area contributed by atoms with E-state index in [-0.39, 0.29) is 31.2 Å². The third-order valence-corrected chi connectivity index (χ3v) is 4.65. The standard InChI is InChI=1S/C21H22N2O4/c1-27-20(25)13-12-18-21(26)22(17-10-6-3-7-11-17)15-19(24)23(18)14-16-8-4-2-5-9-16/h2-11,18H,12-15H2,1H3. The smallest absolute Gasteiger partial charge is 0.305 e. The van der Waals surface area contributed by atoms with Crippen molar-refractivity contribution in [2.45, 2.75) is 25.4 Å². The van der Waals surface area contributed by atoms with Crippen molar-refractivity contribution in [3.05, 3.63) is 66.2 Å². The molecule has 2 aromatic carbocycles. The highest BCUT2D eigenvalue weighted by atomic mass is 16.5. The highest BCUT2D eigenvalue weighted by Crippen LogP contribution is 2.25. The van der Waals surface area contributed by atoms with Gasteiger partial charge in [0.1, 0.15) is 12.6 Å². The summed E-state index contributed by atoms with van der Waals surface area (Å²) >= 11 is 0. The topological polar surface area (TPSA) is 66.9 Å². The van der Waals surface area contributed by atoms with Gasteiger partial charge < -0.3 is 14.5 Å². The molecule has 0 bridgehead atoms. The summed E-state index contributed by atoms with van der Waals surface area (Å²) in [6.45, 7) is 0.324. The van der Waals surface area contributed by atoms with E-state index >= 15 is 0 Å². The summed E-state index contributed by atoms with van der Waals surface area (Å²) in [5, 5.41) is 0. The second kappa shape index (κ2) is 8.49. The summed E-state index contributed by atoms with van der Waals surface area (Å²) in [5.41, 5.74) is 1.62. The van der Waals surface area contributed by atoms with Crippen LogP contribution in [0.2, 0.25) is 0 Å². The number of para-hydroxylation sites is 1. The summed E-state index contributed by atoms with van der Waals surface area (Å²) in [5.74, 6) is -0.718. The van der Waals surface area contributed by atoms with Gasteiger partial charge in [-0.2, -0.15) is 0 Å². The van der Waals surface area contributed by atoms with Gasteiger partial charge in [0.15, 0.2) is 0 Å². The first kappa shape index (κ1) is 18.6. The molecular weight excluding hydrogens is 344 g/mol. The summed E-state index contributed by atoms with van der Waals surface area (Å²) in [4.78, 5) is 40.7. The molecule has 2 aromatic rings. The second-order valence-electron chi connectivity index (χ2n) is 6.40. The van der Waals surface area contributed by atoms with Crippen LogP contribution in [-0.2, 0) is 25.7 Å². The third kappa shape index (κ3) is 4.34. The minimum absolute atomic E-state index is 0.00952. The van der Waals surface area contributed by atoms with Gasteiger partial charge in [-0.05, 0) is 24.1 Å². The molecule has 0 radical (unpaired) electrons. The Bertz CT molecular complexity index is 807. The summed E-state index contributed by atoms with van der Waals surface area (Å²) in [6.07, 6.45) is 0.307. The molecule has 1 unspecified atom stereocenters. The Morgan fingerprint density at radius 2 is 1.67 bits per heavy atom. The van der Waals surface area contributed by atoms with E-state index < -0.39 is 12.0 Å². The van der Waals surface area contributed by atoms with Gasteiger partial charge in [-0.1, -0.05) is 48.5 Å². The number of hydrogen-bond acceptors (Lipinski definition) is 4. The number of methoxy groups -OCH3 is 1. The molecule has 0 spiro atoms. The molecule has 0 aromatic heterocycles. The molecule has 0 aliphatic carbocycles. The Morgan fingerprint density at radius 3 is 2.30 bits per heavy atom. The van der Waals surface area contributed by atoms with Crippen LogP contribution in [0, 0.1) is 0 Å². The normalized spacial score (nSPS) is 17.1. The number of carbonyl (C=O) groups is 3. The van der Waals surface area contributed by atoms with Crippen LogP contribution >= 0.6 is 0 Å². The van der Waals surface area contributed by atoms with E-state index in [0.717, 1.165) is 5.56 Å². The number of esters is 1. The number of anilines is 1. The number of nitrogens with zero attached hydrogens (tertiary/aromatic N) is 2. The predicted octanol–water partition coefficient (Wildman–Crippen LogP) is 2.38.